The van der Waals surface area contributed by atoms with Crippen LogP contribution in [0.25, 0.3) is 0 Å². The molecule has 1 aliphatic rings. The van der Waals surface area contributed by atoms with E-state index in [0.29, 0.717) is 5.92 Å². The minimum Gasteiger partial charge on any atom is -0.496 e. The van der Waals surface area contributed by atoms with E-state index in [9.17, 15) is 0 Å². The van der Waals surface area contributed by atoms with Gasteiger partial charge in [0.25, 0.3) is 0 Å². The Kier molecular flexibility index (Phi) is 3.27. The summed E-state index contributed by atoms with van der Waals surface area (Å²) in [5, 5.41) is 0.0943. The van der Waals surface area contributed by atoms with Crippen molar-refractivity contribution in [3.8, 4) is 5.75 Å². The summed E-state index contributed by atoms with van der Waals surface area (Å²) < 4.78 is 6.48. The zero-order valence-electron chi connectivity index (χ0n) is 8.89. The third kappa shape index (κ3) is 2.31. The van der Waals surface area contributed by atoms with Crippen molar-refractivity contribution in [3.63, 3.8) is 0 Å². The highest BCUT2D eigenvalue weighted by Gasteiger charge is 2.32. The Morgan fingerprint density at radius 3 is 2.67 bits per heavy atom. The molecule has 0 bridgehead atoms. The van der Waals surface area contributed by atoms with E-state index in [1.54, 1.807) is 7.11 Å². The molecule has 0 aromatic heterocycles. The lowest BCUT2D eigenvalue weighted by atomic mass is 10.0. The van der Waals surface area contributed by atoms with Gasteiger partial charge in [0.15, 0.2) is 0 Å². The zero-order valence-corrected chi connectivity index (χ0v) is 11.2. The summed E-state index contributed by atoms with van der Waals surface area (Å²) in [6.07, 6.45) is 2.48. The molecule has 0 heterocycles. The van der Waals surface area contributed by atoms with Gasteiger partial charge in [0.05, 0.1) is 12.5 Å². The average molecular weight is 290 g/mol. The number of ether oxygens (including phenoxy) is 1. The molecule has 2 rings (SSSR count). The summed E-state index contributed by atoms with van der Waals surface area (Å²) in [6, 6.07) is 4.13. The van der Waals surface area contributed by atoms with Crippen LogP contribution in [0.15, 0.2) is 16.6 Å². The number of hydrogen-bond donors (Lipinski definition) is 0. The molecule has 1 aliphatic carbocycles. The molecule has 1 atom stereocenters. The second kappa shape index (κ2) is 4.34. The lowest BCUT2D eigenvalue weighted by molar-refractivity contribution is 0.407. The fourth-order valence-corrected chi connectivity index (χ4v) is 2.49. The minimum atomic E-state index is 0.0943. The van der Waals surface area contributed by atoms with Crippen molar-refractivity contribution in [1.82, 2.24) is 0 Å². The van der Waals surface area contributed by atoms with Gasteiger partial charge in [-0.3, -0.25) is 0 Å². The molecule has 0 aliphatic heterocycles. The average Bonchev–Trinajstić information content (AvgIpc) is 3.04. The van der Waals surface area contributed by atoms with Crippen LogP contribution in [-0.2, 0) is 0 Å². The Bertz CT molecular complexity index is 374. The molecule has 1 nitrogen and oxygen atoms in total. The maximum atomic E-state index is 6.41. The molecule has 1 unspecified atom stereocenters. The minimum absolute atomic E-state index is 0.0943. The lowest BCUT2D eigenvalue weighted by Crippen LogP contribution is -1.98. The molecule has 0 saturated heterocycles. The van der Waals surface area contributed by atoms with Gasteiger partial charge in [-0.1, -0.05) is 15.9 Å². The van der Waals surface area contributed by atoms with E-state index in [1.807, 2.05) is 6.07 Å². The number of alkyl halides is 1. The first-order chi connectivity index (χ1) is 7.13. The van der Waals surface area contributed by atoms with Crippen molar-refractivity contribution >= 4 is 27.5 Å². The standard InChI is InChI=1S/C12H14BrClO/c1-7-5-11(15-2)9(6-10(7)13)12(14)8-3-4-8/h5-6,8,12H,3-4H2,1-2H3. The van der Waals surface area contributed by atoms with Crippen LogP contribution in [0, 0.1) is 12.8 Å². The Morgan fingerprint density at radius 1 is 1.47 bits per heavy atom. The Hall–Kier alpha value is -0.210. The van der Waals surface area contributed by atoms with Crippen molar-refractivity contribution in [3.05, 3.63) is 27.7 Å². The van der Waals surface area contributed by atoms with Crippen LogP contribution < -0.4 is 4.74 Å². The van der Waals surface area contributed by atoms with Crippen LogP contribution in [-0.4, -0.2) is 7.11 Å². The van der Waals surface area contributed by atoms with Crippen LogP contribution in [0.2, 0.25) is 0 Å². The predicted molar refractivity (Wildman–Crippen MR) is 66.7 cm³/mol. The summed E-state index contributed by atoms with van der Waals surface area (Å²) >= 11 is 9.94. The summed E-state index contributed by atoms with van der Waals surface area (Å²) in [5.74, 6) is 1.54. The smallest absolute Gasteiger partial charge is 0.123 e. The quantitative estimate of drug-likeness (QED) is 0.747. The van der Waals surface area contributed by atoms with Gasteiger partial charge in [-0.25, -0.2) is 0 Å². The molecule has 82 valence electrons. The monoisotopic (exact) mass is 288 g/mol. The Morgan fingerprint density at radius 2 is 2.13 bits per heavy atom. The topological polar surface area (TPSA) is 9.23 Å². The van der Waals surface area contributed by atoms with Crippen LogP contribution in [0.4, 0.5) is 0 Å². The molecule has 1 aromatic carbocycles. The molecular weight excluding hydrogens is 275 g/mol. The predicted octanol–water partition coefficient (Wildman–Crippen LogP) is 4.46. The summed E-state index contributed by atoms with van der Waals surface area (Å²) in [5.41, 5.74) is 2.29. The van der Waals surface area contributed by atoms with Crippen molar-refractivity contribution in [2.75, 3.05) is 7.11 Å². The number of halogens is 2. The number of aryl methyl sites for hydroxylation is 1. The molecule has 3 heteroatoms. The van der Waals surface area contributed by atoms with E-state index < -0.39 is 0 Å². The zero-order chi connectivity index (χ0) is 11.0. The maximum absolute atomic E-state index is 6.41. The van der Waals surface area contributed by atoms with E-state index in [0.717, 1.165) is 15.8 Å². The van der Waals surface area contributed by atoms with Crippen molar-refractivity contribution in [1.29, 1.82) is 0 Å². The van der Waals surface area contributed by atoms with E-state index in [4.69, 9.17) is 16.3 Å². The number of benzene rings is 1. The second-order valence-corrected chi connectivity index (χ2v) is 5.41. The summed E-state index contributed by atoms with van der Waals surface area (Å²) in [7, 11) is 1.70. The fraction of sp³-hybridized carbons (Fsp3) is 0.500. The number of methoxy groups -OCH3 is 1. The van der Waals surface area contributed by atoms with Gasteiger partial charge in [0.1, 0.15) is 5.75 Å². The largest absolute Gasteiger partial charge is 0.496 e. The molecule has 0 spiro atoms. The first-order valence-corrected chi connectivity index (χ1v) is 6.34. The molecule has 1 aromatic rings. The van der Waals surface area contributed by atoms with Gasteiger partial charge in [-0.05, 0) is 43.4 Å². The highest BCUT2D eigenvalue weighted by Crippen LogP contribution is 2.48. The molecule has 0 amide bonds. The van der Waals surface area contributed by atoms with E-state index in [-0.39, 0.29) is 5.38 Å². The van der Waals surface area contributed by atoms with Gasteiger partial charge in [-0.15, -0.1) is 11.6 Å². The summed E-state index contributed by atoms with van der Waals surface area (Å²) in [6.45, 7) is 2.05. The van der Waals surface area contributed by atoms with Gasteiger partial charge in [-0.2, -0.15) is 0 Å². The van der Waals surface area contributed by atoms with Crippen LogP contribution in [0.5, 0.6) is 5.75 Å². The molecule has 1 fully saturated rings. The van der Waals surface area contributed by atoms with Gasteiger partial charge < -0.3 is 4.74 Å². The highest BCUT2D eigenvalue weighted by molar-refractivity contribution is 9.10. The third-order valence-electron chi connectivity index (χ3n) is 2.84. The second-order valence-electron chi connectivity index (χ2n) is 4.08. The first kappa shape index (κ1) is 11.3. The van der Waals surface area contributed by atoms with Crippen molar-refractivity contribution in [2.45, 2.75) is 25.1 Å². The first-order valence-electron chi connectivity index (χ1n) is 5.11. The number of rotatable bonds is 3. The van der Waals surface area contributed by atoms with Crippen molar-refractivity contribution < 1.29 is 4.74 Å². The fourth-order valence-electron chi connectivity index (χ4n) is 1.71. The van der Waals surface area contributed by atoms with Crippen molar-refractivity contribution in [2.24, 2.45) is 5.92 Å². The van der Waals surface area contributed by atoms with Gasteiger partial charge >= 0.3 is 0 Å². The molecular formula is C12H14BrClO. The Labute approximate surface area is 104 Å². The molecule has 1 saturated carbocycles. The lowest BCUT2D eigenvalue weighted by Gasteiger charge is -2.15. The van der Waals surface area contributed by atoms with Crippen LogP contribution in [0.1, 0.15) is 29.3 Å². The van der Waals surface area contributed by atoms with Crippen LogP contribution in [0.3, 0.4) is 0 Å². The molecule has 0 N–H and O–H groups in total. The maximum Gasteiger partial charge on any atom is 0.123 e. The van der Waals surface area contributed by atoms with E-state index in [2.05, 4.69) is 28.9 Å². The Balaban J connectivity index is 2.39. The third-order valence-corrected chi connectivity index (χ3v) is 4.29. The molecule has 15 heavy (non-hydrogen) atoms. The van der Waals surface area contributed by atoms with Gasteiger partial charge in [0, 0.05) is 10.0 Å². The van der Waals surface area contributed by atoms with Crippen LogP contribution >= 0.6 is 27.5 Å². The van der Waals surface area contributed by atoms with E-state index in [1.165, 1.54) is 18.4 Å². The van der Waals surface area contributed by atoms with E-state index >= 15 is 0 Å². The summed E-state index contributed by atoms with van der Waals surface area (Å²) in [4.78, 5) is 0. The highest BCUT2D eigenvalue weighted by atomic mass is 79.9. The molecule has 0 radical (unpaired) electrons. The van der Waals surface area contributed by atoms with Gasteiger partial charge in [0.2, 0.25) is 0 Å². The SMILES string of the molecule is COc1cc(C)c(Br)cc1C(Cl)C1CC1. The number of hydrogen-bond acceptors (Lipinski definition) is 1. The normalized spacial score (nSPS) is 17.6.